The van der Waals surface area contributed by atoms with Crippen molar-refractivity contribution in [2.24, 2.45) is 5.92 Å². The molecular weight excluding hydrogens is 534 g/mol. The van der Waals surface area contributed by atoms with Gasteiger partial charge in [-0.2, -0.15) is 0 Å². The molecule has 2 fully saturated rings. The van der Waals surface area contributed by atoms with Crippen LogP contribution in [-0.2, 0) is 30.5 Å². The van der Waals surface area contributed by atoms with Gasteiger partial charge in [0.2, 0.25) is 5.91 Å². The summed E-state index contributed by atoms with van der Waals surface area (Å²) in [6, 6.07) is 6.77. The smallest absolute Gasteiger partial charge is 0.329 e. The average Bonchev–Trinajstić information content (AvgIpc) is 2.95. The molecular formula is C33H51N3O6. The summed E-state index contributed by atoms with van der Waals surface area (Å²) in [6.45, 7) is 9.04. The highest BCUT2D eigenvalue weighted by atomic mass is 16.6. The molecule has 9 heteroatoms. The number of hydrogen-bond acceptors (Lipinski definition) is 6. The van der Waals surface area contributed by atoms with E-state index in [1.165, 1.54) is 0 Å². The van der Waals surface area contributed by atoms with Crippen LogP contribution in [-0.4, -0.2) is 58.5 Å². The second-order valence-corrected chi connectivity index (χ2v) is 13.1. The third kappa shape index (κ3) is 10.6. The van der Waals surface area contributed by atoms with E-state index in [9.17, 15) is 19.2 Å². The zero-order valence-corrected chi connectivity index (χ0v) is 26.2. The van der Waals surface area contributed by atoms with Crippen LogP contribution in [0.25, 0.3) is 0 Å². The summed E-state index contributed by atoms with van der Waals surface area (Å²) in [5.74, 6) is -1.95. The van der Waals surface area contributed by atoms with Crippen molar-refractivity contribution in [3.8, 4) is 0 Å². The SMILES string of the molecule is CC(C)[C@H](NC(=O)C(CC(=O)OCc1ccccc1)N(C(=O)NC1CCCCC1)C1CCCCC1)C(=O)OC(C)(C)C. The van der Waals surface area contributed by atoms with E-state index < -0.39 is 35.5 Å². The molecule has 3 amide bonds. The molecule has 42 heavy (non-hydrogen) atoms. The lowest BCUT2D eigenvalue weighted by atomic mass is 9.92. The molecule has 0 spiro atoms. The molecule has 2 aliphatic carbocycles. The lowest BCUT2D eigenvalue weighted by Gasteiger charge is -2.40. The quantitative estimate of drug-likeness (QED) is 0.325. The van der Waals surface area contributed by atoms with E-state index >= 15 is 0 Å². The van der Waals surface area contributed by atoms with Crippen molar-refractivity contribution in [1.29, 1.82) is 0 Å². The van der Waals surface area contributed by atoms with E-state index in [4.69, 9.17) is 9.47 Å². The van der Waals surface area contributed by atoms with Crippen LogP contribution in [0.1, 0.15) is 111 Å². The number of ether oxygens (including phenoxy) is 2. The highest BCUT2D eigenvalue weighted by Gasteiger charge is 2.40. The normalized spacial score (nSPS) is 18.0. The summed E-state index contributed by atoms with van der Waals surface area (Å²) in [5.41, 5.74) is 0.0969. The van der Waals surface area contributed by atoms with E-state index in [1.807, 2.05) is 44.2 Å². The van der Waals surface area contributed by atoms with Crippen LogP contribution in [0.15, 0.2) is 30.3 Å². The number of benzene rings is 1. The first-order chi connectivity index (χ1) is 19.9. The fourth-order valence-electron chi connectivity index (χ4n) is 5.80. The summed E-state index contributed by atoms with van der Waals surface area (Å²) in [5, 5.41) is 6.03. The number of rotatable bonds is 11. The number of carbonyl (C=O) groups is 4. The maximum atomic E-state index is 14.1. The summed E-state index contributed by atoms with van der Waals surface area (Å²) < 4.78 is 11.2. The van der Waals surface area contributed by atoms with Gasteiger partial charge in [-0.05, 0) is 57.9 Å². The second-order valence-electron chi connectivity index (χ2n) is 13.1. The lowest BCUT2D eigenvalue weighted by molar-refractivity contribution is -0.160. The molecule has 2 N–H and O–H groups in total. The topological polar surface area (TPSA) is 114 Å². The Labute approximate surface area is 251 Å². The zero-order valence-electron chi connectivity index (χ0n) is 26.2. The number of carbonyl (C=O) groups excluding carboxylic acids is 4. The molecule has 1 unspecified atom stereocenters. The van der Waals surface area contributed by atoms with Gasteiger partial charge in [-0.25, -0.2) is 9.59 Å². The molecule has 0 heterocycles. The summed E-state index contributed by atoms with van der Waals surface area (Å²) in [6.07, 6.45) is 9.19. The molecule has 1 aromatic rings. The summed E-state index contributed by atoms with van der Waals surface area (Å²) >= 11 is 0. The Morgan fingerprint density at radius 1 is 0.905 bits per heavy atom. The van der Waals surface area contributed by atoms with Crippen LogP contribution in [0.5, 0.6) is 0 Å². The van der Waals surface area contributed by atoms with Crippen molar-refractivity contribution in [3.63, 3.8) is 0 Å². The Morgan fingerprint density at radius 2 is 1.50 bits per heavy atom. The van der Waals surface area contributed by atoms with Gasteiger partial charge < -0.3 is 25.0 Å². The Kier molecular flexibility index (Phi) is 12.7. The molecule has 0 aliphatic heterocycles. The van der Waals surface area contributed by atoms with Gasteiger partial charge in [-0.3, -0.25) is 9.59 Å². The van der Waals surface area contributed by atoms with Gasteiger partial charge in [-0.15, -0.1) is 0 Å². The van der Waals surface area contributed by atoms with E-state index in [2.05, 4.69) is 10.6 Å². The maximum absolute atomic E-state index is 14.1. The Balaban J connectivity index is 1.88. The summed E-state index contributed by atoms with van der Waals surface area (Å²) in [7, 11) is 0. The highest BCUT2D eigenvalue weighted by molar-refractivity contribution is 5.93. The standard InChI is InChI=1S/C33H51N3O6/c1-23(2)29(31(39)42-33(3,4)5)35-30(38)27(21-28(37)41-22-24-15-9-6-10-16-24)36(26-19-13-8-14-20-26)32(40)34-25-17-11-7-12-18-25/h6,9-10,15-16,23,25-27,29H,7-8,11-14,17-22H2,1-5H3,(H,34,40)(H,35,38)/t27?,29-/m0/s1. The largest absolute Gasteiger partial charge is 0.461 e. The van der Waals surface area contributed by atoms with Crippen molar-refractivity contribution in [2.45, 2.75) is 142 Å². The molecule has 2 aliphatic rings. The van der Waals surface area contributed by atoms with E-state index in [0.717, 1.165) is 69.8 Å². The van der Waals surface area contributed by atoms with Gasteiger partial charge in [0.15, 0.2) is 0 Å². The monoisotopic (exact) mass is 585 g/mol. The molecule has 0 radical (unpaired) electrons. The van der Waals surface area contributed by atoms with E-state index in [1.54, 1.807) is 25.7 Å². The zero-order chi connectivity index (χ0) is 30.7. The van der Waals surface area contributed by atoms with Crippen LogP contribution in [0, 0.1) is 5.92 Å². The number of hydrogen-bond donors (Lipinski definition) is 2. The van der Waals surface area contributed by atoms with Crippen molar-refractivity contribution in [3.05, 3.63) is 35.9 Å². The number of amides is 3. The lowest BCUT2D eigenvalue weighted by Crippen LogP contribution is -2.61. The Hall–Kier alpha value is -3.10. The van der Waals surface area contributed by atoms with Gasteiger partial charge in [0.05, 0.1) is 6.42 Å². The summed E-state index contributed by atoms with van der Waals surface area (Å²) in [4.78, 5) is 55.9. The molecule has 9 nitrogen and oxygen atoms in total. The van der Waals surface area contributed by atoms with Crippen molar-refractivity contribution in [1.82, 2.24) is 15.5 Å². The first-order valence-corrected chi connectivity index (χ1v) is 15.8. The van der Waals surface area contributed by atoms with Crippen LogP contribution >= 0.6 is 0 Å². The third-order valence-corrected chi connectivity index (χ3v) is 8.00. The first-order valence-electron chi connectivity index (χ1n) is 15.8. The predicted molar refractivity (Wildman–Crippen MR) is 161 cm³/mol. The molecule has 234 valence electrons. The minimum Gasteiger partial charge on any atom is -0.461 e. The molecule has 0 saturated heterocycles. The van der Waals surface area contributed by atoms with Crippen LogP contribution in [0.2, 0.25) is 0 Å². The highest BCUT2D eigenvalue weighted by Crippen LogP contribution is 2.27. The fourth-order valence-corrected chi connectivity index (χ4v) is 5.80. The van der Waals surface area contributed by atoms with Gasteiger partial charge in [0.1, 0.15) is 24.3 Å². The number of urea groups is 1. The number of esters is 2. The molecule has 1 aromatic carbocycles. The minimum absolute atomic E-state index is 0.0382. The Bertz CT molecular complexity index is 1030. The second kappa shape index (κ2) is 15.9. The Morgan fingerprint density at radius 3 is 2.07 bits per heavy atom. The van der Waals surface area contributed by atoms with Crippen LogP contribution in [0.4, 0.5) is 4.79 Å². The van der Waals surface area contributed by atoms with E-state index in [-0.39, 0.29) is 37.1 Å². The predicted octanol–water partition coefficient (Wildman–Crippen LogP) is 5.65. The molecule has 2 saturated carbocycles. The van der Waals surface area contributed by atoms with Crippen molar-refractivity contribution >= 4 is 23.9 Å². The number of nitrogens with one attached hydrogen (secondary N) is 2. The van der Waals surface area contributed by atoms with Gasteiger partial charge in [-0.1, -0.05) is 82.7 Å². The van der Waals surface area contributed by atoms with Crippen molar-refractivity contribution in [2.75, 3.05) is 0 Å². The van der Waals surface area contributed by atoms with E-state index in [0.29, 0.717) is 0 Å². The van der Waals surface area contributed by atoms with Crippen LogP contribution < -0.4 is 10.6 Å². The third-order valence-electron chi connectivity index (χ3n) is 8.00. The van der Waals surface area contributed by atoms with Gasteiger partial charge in [0.25, 0.3) is 0 Å². The van der Waals surface area contributed by atoms with Crippen LogP contribution in [0.3, 0.4) is 0 Å². The minimum atomic E-state index is -1.14. The molecule has 3 rings (SSSR count). The maximum Gasteiger partial charge on any atom is 0.329 e. The fraction of sp³-hybridized carbons (Fsp3) is 0.697. The molecule has 0 bridgehead atoms. The van der Waals surface area contributed by atoms with Gasteiger partial charge >= 0.3 is 18.0 Å². The first kappa shape index (κ1) is 33.4. The van der Waals surface area contributed by atoms with Crippen molar-refractivity contribution < 1.29 is 28.7 Å². The number of nitrogens with zero attached hydrogens (tertiary/aromatic N) is 1. The molecule has 0 aromatic heterocycles. The molecule has 2 atom stereocenters. The average molecular weight is 586 g/mol. The van der Waals surface area contributed by atoms with Gasteiger partial charge in [0, 0.05) is 12.1 Å².